The Morgan fingerprint density at radius 2 is 2.25 bits per heavy atom. The minimum Gasteiger partial charge on any atom is -0.477 e. The average molecular weight is 189 g/mol. The largest absolute Gasteiger partial charge is 0.477 e. The van der Waals surface area contributed by atoms with E-state index in [2.05, 4.69) is 0 Å². The first kappa shape index (κ1) is 8.61. The molecule has 6 heteroatoms. The fraction of sp³-hybridized carbons (Fsp3) is 0. The van der Waals surface area contributed by atoms with Crippen LogP contribution in [0.4, 0.5) is 5.69 Å². The molecule has 0 amide bonds. The summed E-state index contributed by atoms with van der Waals surface area (Å²) < 4.78 is 0. The Morgan fingerprint density at radius 3 is 2.67 bits per heavy atom. The maximum atomic E-state index is 10.8. The summed E-state index contributed by atoms with van der Waals surface area (Å²) in [7, 11) is 0. The van der Waals surface area contributed by atoms with Crippen LogP contribution in [0.5, 0.6) is 0 Å². The molecule has 1 heterocycles. The molecule has 1 aromatic heterocycles. The van der Waals surface area contributed by atoms with Crippen molar-refractivity contribution in [2.45, 2.75) is 0 Å². The number of carboxylic acids is 1. The Labute approximate surface area is 71.8 Å². The quantitative estimate of drug-likeness (QED) is 0.591. The predicted molar refractivity (Wildman–Crippen MR) is 43.4 cm³/mol. The normalized spacial score (nSPS) is 9.75. The van der Waals surface area contributed by atoms with Crippen LogP contribution in [0.25, 0.3) is 0 Å². The molecule has 0 saturated carbocycles. The molecule has 0 fully saturated rings. The van der Waals surface area contributed by atoms with E-state index in [0.717, 1.165) is 6.07 Å². The molecule has 0 atom stereocenters. The van der Waals surface area contributed by atoms with E-state index in [9.17, 15) is 9.59 Å². The molecule has 0 aliphatic rings. The van der Waals surface area contributed by atoms with Crippen LogP contribution in [0.2, 0.25) is 5.02 Å². The average Bonchev–Trinajstić information content (AvgIpc) is 1.99. The minimum absolute atomic E-state index is 0.0437. The van der Waals surface area contributed by atoms with Gasteiger partial charge in [0.15, 0.2) is 0 Å². The number of hydrogen-bond donors (Lipinski definition) is 3. The fourth-order valence-electron chi connectivity index (χ4n) is 0.678. The van der Waals surface area contributed by atoms with E-state index >= 15 is 0 Å². The van der Waals surface area contributed by atoms with Gasteiger partial charge < -0.3 is 15.8 Å². The van der Waals surface area contributed by atoms with Crippen molar-refractivity contribution in [2.75, 3.05) is 5.73 Å². The van der Waals surface area contributed by atoms with Crippen LogP contribution < -0.4 is 11.3 Å². The molecular formula is C6H5ClN2O3. The number of aromatic nitrogens is 1. The van der Waals surface area contributed by atoms with E-state index in [1.54, 1.807) is 0 Å². The van der Waals surface area contributed by atoms with Crippen molar-refractivity contribution < 1.29 is 9.90 Å². The van der Waals surface area contributed by atoms with Crippen LogP contribution >= 0.6 is 11.6 Å². The van der Waals surface area contributed by atoms with Crippen molar-refractivity contribution in [3.05, 3.63) is 27.1 Å². The standard InChI is InChI=1S/C6H5ClN2O3/c7-4-2(8)1-3(6(11)12)9-5(4)10/h1H,(H,11,12)(H3,8,9,10). The molecular weight excluding hydrogens is 184 g/mol. The van der Waals surface area contributed by atoms with Crippen molar-refractivity contribution in [2.24, 2.45) is 0 Å². The fourth-order valence-corrected chi connectivity index (χ4v) is 0.780. The van der Waals surface area contributed by atoms with Gasteiger partial charge in [0, 0.05) is 0 Å². The van der Waals surface area contributed by atoms with Crippen LogP contribution in [0.3, 0.4) is 0 Å². The number of H-pyrrole nitrogens is 1. The highest BCUT2D eigenvalue weighted by atomic mass is 35.5. The zero-order valence-corrected chi connectivity index (χ0v) is 6.55. The van der Waals surface area contributed by atoms with Crippen molar-refractivity contribution in [3.63, 3.8) is 0 Å². The SMILES string of the molecule is Nc1cc(C(=O)O)[nH]c(=O)c1Cl. The Morgan fingerprint density at radius 1 is 1.67 bits per heavy atom. The zero-order chi connectivity index (χ0) is 9.30. The Kier molecular flexibility index (Phi) is 2.05. The van der Waals surface area contributed by atoms with Crippen molar-refractivity contribution in [1.82, 2.24) is 4.98 Å². The van der Waals surface area contributed by atoms with Gasteiger partial charge >= 0.3 is 5.97 Å². The van der Waals surface area contributed by atoms with E-state index in [1.165, 1.54) is 0 Å². The third-order valence-electron chi connectivity index (χ3n) is 1.23. The highest BCUT2D eigenvalue weighted by Gasteiger charge is 2.08. The first-order chi connectivity index (χ1) is 5.52. The van der Waals surface area contributed by atoms with Crippen molar-refractivity contribution in [3.8, 4) is 0 Å². The van der Waals surface area contributed by atoms with Crippen LogP contribution in [-0.4, -0.2) is 16.1 Å². The maximum absolute atomic E-state index is 10.8. The molecule has 0 spiro atoms. The van der Waals surface area contributed by atoms with E-state index in [4.69, 9.17) is 22.4 Å². The van der Waals surface area contributed by atoms with Gasteiger partial charge in [-0.3, -0.25) is 4.79 Å². The first-order valence-corrected chi connectivity index (χ1v) is 3.31. The van der Waals surface area contributed by atoms with Crippen molar-refractivity contribution in [1.29, 1.82) is 0 Å². The molecule has 1 aromatic rings. The lowest BCUT2D eigenvalue weighted by Crippen LogP contribution is -2.14. The summed E-state index contributed by atoms with van der Waals surface area (Å²) in [5.41, 5.74) is 4.22. The number of nitrogens with one attached hydrogen (secondary N) is 1. The monoisotopic (exact) mass is 188 g/mol. The molecule has 0 bridgehead atoms. The van der Waals surface area contributed by atoms with Crippen molar-refractivity contribution >= 4 is 23.3 Å². The zero-order valence-electron chi connectivity index (χ0n) is 5.80. The number of nitrogens with two attached hydrogens (primary N) is 1. The summed E-state index contributed by atoms with van der Waals surface area (Å²) in [6.07, 6.45) is 0. The molecule has 0 radical (unpaired) electrons. The van der Waals surface area contributed by atoms with Gasteiger partial charge in [-0.1, -0.05) is 11.6 Å². The number of halogens is 1. The Balaban J connectivity index is 3.41. The molecule has 0 unspecified atom stereocenters. The molecule has 5 nitrogen and oxygen atoms in total. The molecule has 64 valence electrons. The number of rotatable bonds is 1. The van der Waals surface area contributed by atoms with E-state index < -0.39 is 11.5 Å². The van der Waals surface area contributed by atoms with Gasteiger partial charge in [0.1, 0.15) is 10.7 Å². The van der Waals surface area contributed by atoms with Crippen LogP contribution in [0.1, 0.15) is 10.5 Å². The minimum atomic E-state index is -1.25. The second kappa shape index (κ2) is 2.86. The number of pyridine rings is 1. The van der Waals surface area contributed by atoms with Crippen LogP contribution in [0, 0.1) is 0 Å². The number of aromatic amines is 1. The third-order valence-corrected chi connectivity index (χ3v) is 1.62. The van der Waals surface area contributed by atoms with E-state index in [-0.39, 0.29) is 16.4 Å². The third kappa shape index (κ3) is 1.40. The Hall–Kier alpha value is -1.49. The number of anilines is 1. The van der Waals surface area contributed by atoms with Gasteiger partial charge in [-0.2, -0.15) is 0 Å². The molecule has 0 aliphatic carbocycles. The topological polar surface area (TPSA) is 96.2 Å². The second-order valence-electron chi connectivity index (χ2n) is 2.09. The molecule has 1 rings (SSSR count). The van der Waals surface area contributed by atoms with Gasteiger partial charge in [-0.15, -0.1) is 0 Å². The summed E-state index contributed by atoms with van der Waals surface area (Å²) in [6, 6.07) is 1.09. The Bertz CT molecular complexity index is 385. The number of aromatic carboxylic acids is 1. The summed E-state index contributed by atoms with van der Waals surface area (Å²) in [6.45, 7) is 0. The summed E-state index contributed by atoms with van der Waals surface area (Å²) in [4.78, 5) is 23.2. The number of hydrogen-bond acceptors (Lipinski definition) is 3. The highest BCUT2D eigenvalue weighted by molar-refractivity contribution is 6.32. The molecule has 12 heavy (non-hydrogen) atoms. The van der Waals surface area contributed by atoms with Crippen LogP contribution in [-0.2, 0) is 0 Å². The predicted octanol–water partition coefficient (Wildman–Crippen LogP) is 0.309. The first-order valence-electron chi connectivity index (χ1n) is 2.94. The lowest BCUT2D eigenvalue weighted by molar-refractivity contribution is 0.0690. The molecule has 0 saturated heterocycles. The van der Waals surface area contributed by atoms with Crippen LogP contribution in [0.15, 0.2) is 10.9 Å². The summed E-state index contributed by atoms with van der Waals surface area (Å²) in [5, 5.41) is 8.26. The van der Waals surface area contributed by atoms with Gasteiger partial charge in [0.2, 0.25) is 0 Å². The lowest BCUT2D eigenvalue weighted by atomic mass is 10.3. The van der Waals surface area contributed by atoms with E-state index in [0.29, 0.717) is 0 Å². The maximum Gasteiger partial charge on any atom is 0.352 e. The second-order valence-corrected chi connectivity index (χ2v) is 2.46. The number of carboxylic acid groups (broad SMARTS) is 1. The van der Waals surface area contributed by atoms with Gasteiger partial charge in [-0.05, 0) is 6.07 Å². The lowest BCUT2D eigenvalue weighted by Gasteiger charge is -1.97. The molecule has 4 N–H and O–H groups in total. The highest BCUT2D eigenvalue weighted by Crippen LogP contribution is 2.12. The molecule has 0 aliphatic heterocycles. The van der Waals surface area contributed by atoms with Gasteiger partial charge in [-0.25, -0.2) is 4.79 Å². The van der Waals surface area contributed by atoms with Gasteiger partial charge in [0.25, 0.3) is 5.56 Å². The smallest absolute Gasteiger partial charge is 0.352 e. The summed E-state index contributed by atoms with van der Waals surface area (Å²) >= 11 is 5.39. The summed E-state index contributed by atoms with van der Waals surface area (Å²) in [5.74, 6) is -1.25. The van der Waals surface area contributed by atoms with Gasteiger partial charge in [0.05, 0.1) is 5.69 Å². The number of nitrogen functional groups attached to an aromatic ring is 1. The van der Waals surface area contributed by atoms with E-state index in [1.807, 2.05) is 4.98 Å². The molecule has 0 aromatic carbocycles. The number of carbonyl (C=O) groups is 1.